The summed E-state index contributed by atoms with van der Waals surface area (Å²) >= 11 is 5.97. The molecule has 0 spiro atoms. The van der Waals surface area contributed by atoms with Crippen molar-refractivity contribution in [3.05, 3.63) is 71.5 Å². The monoisotopic (exact) mass is 444 g/mol. The molecule has 1 aliphatic heterocycles. The number of halogens is 1. The van der Waals surface area contributed by atoms with Crippen LogP contribution in [0.3, 0.4) is 0 Å². The first kappa shape index (κ1) is 20.5. The Balaban J connectivity index is 1.35. The van der Waals surface area contributed by atoms with Crippen LogP contribution in [0.4, 0.5) is 17.3 Å². The van der Waals surface area contributed by atoms with Crippen LogP contribution in [0.25, 0.3) is 0 Å². The van der Waals surface area contributed by atoms with Gasteiger partial charge in [-0.25, -0.2) is 8.42 Å². The quantitative estimate of drug-likeness (QED) is 0.624. The lowest BCUT2D eigenvalue weighted by molar-refractivity contribution is 0.383. The van der Waals surface area contributed by atoms with E-state index in [1.54, 1.807) is 36.7 Å². The van der Waals surface area contributed by atoms with E-state index in [1.165, 1.54) is 4.31 Å². The second kappa shape index (κ2) is 8.95. The van der Waals surface area contributed by atoms with E-state index in [0.717, 1.165) is 11.5 Å². The Bertz CT molecular complexity index is 1090. The van der Waals surface area contributed by atoms with Gasteiger partial charge in [0.05, 0.1) is 17.6 Å². The normalized spacial score (nSPS) is 15.2. The molecule has 1 aromatic carbocycles. The van der Waals surface area contributed by atoms with Crippen molar-refractivity contribution >= 4 is 38.9 Å². The maximum absolute atomic E-state index is 12.8. The summed E-state index contributed by atoms with van der Waals surface area (Å²) in [5, 5.41) is 12.2. The Hall–Kier alpha value is -2.75. The van der Waals surface area contributed by atoms with Crippen LogP contribution >= 0.6 is 11.6 Å². The Labute approximate surface area is 180 Å². The molecule has 3 heterocycles. The van der Waals surface area contributed by atoms with Crippen LogP contribution < -0.4 is 10.2 Å². The Morgan fingerprint density at radius 2 is 1.83 bits per heavy atom. The molecule has 0 saturated carbocycles. The van der Waals surface area contributed by atoms with Gasteiger partial charge in [-0.15, -0.1) is 10.2 Å². The molecule has 0 radical (unpaired) electrons. The van der Waals surface area contributed by atoms with Crippen LogP contribution in [-0.4, -0.2) is 54.1 Å². The molecule has 0 bridgehead atoms. The van der Waals surface area contributed by atoms with Crippen molar-refractivity contribution in [1.82, 2.24) is 19.5 Å². The fraction of sp³-hybridized carbons (Fsp3) is 0.250. The highest BCUT2D eigenvalue weighted by Crippen LogP contribution is 2.20. The Morgan fingerprint density at radius 1 is 1.00 bits per heavy atom. The molecule has 0 aliphatic carbocycles. The summed E-state index contributed by atoms with van der Waals surface area (Å²) in [6.45, 7) is 1.91. The molecule has 10 heteroatoms. The van der Waals surface area contributed by atoms with E-state index in [2.05, 4.69) is 20.5 Å². The SMILES string of the molecule is O=S(=O)(Cc1cccc(Cl)c1)N1CCN(c2ccc(Nc3cccnc3)nn2)CC1. The fourth-order valence-electron chi connectivity index (χ4n) is 3.27. The van der Waals surface area contributed by atoms with Gasteiger partial charge in [0.2, 0.25) is 10.0 Å². The van der Waals surface area contributed by atoms with Crippen LogP contribution in [0.2, 0.25) is 5.02 Å². The van der Waals surface area contributed by atoms with Crippen LogP contribution in [-0.2, 0) is 15.8 Å². The number of hydrogen-bond donors (Lipinski definition) is 1. The number of benzene rings is 1. The number of anilines is 3. The highest BCUT2D eigenvalue weighted by Gasteiger charge is 2.27. The first-order valence-electron chi connectivity index (χ1n) is 9.48. The lowest BCUT2D eigenvalue weighted by Gasteiger charge is -2.34. The smallest absolute Gasteiger partial charge is 0.218 e. The molecule has 8 nitrogen and oxygen atoms in total. The second-order valence-electron chi connectivity index (χ2n) is 6.92. The largest absolute Gasteiger partial charge is 0.352 e. The second-order valence-corrected chi connectivity index (χ2v) is 9.32. The molecule has 1 aliphatic rings. The summed E-state index contributed by atoms with van der Waals surface area (Å²) in [5.74, 6) is 1.29. The predicted molar refractivity (Wildman–Crippen MR) is 117 cm³/mol. The third-order valence-electron chi connectivity index (χ3n) is 4.78. The van der Waals surface area contributed by atoms with E-state index in [0.29, 0.717) is 42.6 Å². The molecule has 4 rings (SSSR count). The minimum atomic E-state index is -3.40. The maximum Gasteiger partial charge on any atom is 0.218 e. The van der Waals surface area contributed by atoms with Crippen LogP contribution in [0.5, 0.6) is 0 Å². The van der Waals surface area contributed by atoms with Crippen molar-refractivity contribution in [1.29, 1.82) is 0 Å². The third-order valence-corrected chi connectivity index (χ3v) is 6.86. The van der Waals surface area contributed by atoms with Crippen molar-refractivity contribution in [2.45, 2.75) is 5.75 Å². The van der Waals surface area contributed by atoms with E-state index < -0.39 is 10.0 Å². The van der Waals surface area contributed by atoms with Gasteiger partial charge >= 0.3 is 0 Å². The van der Waals surface area contributed by atoms with E-state index in [1.807, 2.05) is 29.2 Å². The van der Waals surface area contributed by atoms with Gasteiger partial charge < -0.3 is 10.2 Å². The zero-order valence-electron chi connectivity index (χ0n) is 16.1. The standard InChI is InChI=1S/C20H21ClN6O2S/c21-17-4-1-3-16(13-17)15-30(28,29)27-11-9-26(10-12-27)20-7-6-19(24-25-20)23-18-5-2-8-22-14-18/h1-8,13-14H,9-12,15H2,(H,23,24). The molecule has 156 valence electrons. The van der Waals surface area contributed by atoms with Gasteiger partial charge in [-0.3, -0.25) is 4.98 Å². The summed E-state index contributed by atoms with van der Waals surface area (Å²) in [6.07, 6.45) is 3.41. The van der Waals surface area contributed by atoms with Crippen LogP contribution in [0, 0.1) is 0 Å². The summed E-state index contributed by atoms with van der Waals surface area (Å²) < 4.78 is 27.0. The number of pyridine rings is 1. The number of nitrogens with zero attached hydrogens (tertiary/aromatic N) is 5. The van der Waals surface area contributed by atoms with Crippen molar-refractivity contribution < 1.29 is 8.42 Å². The lowest BCUT2D eigenvalue weighted by Crippen LogP contribution is -2.49. The summed E-state index contributed by atoms with van der Waals surface area (Å²) in [5.41, 5.74) is 1.52. The third kappa shape index (κ3) is 5.05. The molecule has 3 aromatic rings. The van der Waals surface area contributed by atoms with Crippen molar-refractivity contribution in [3.8, 4) is 0 Å². The molecule has 1 fully saturated rings. The zero-order chi connectivity index (χ0) is 21.0. The number of rotatable bonds is 6. The number of hydrogen-bond acceptors (Lipinski definition) is 7. The summed E-state index contributed by atoms with van der Waals surface area (Å²) in [6, 6.07) is 14.4. The number of sulfonamides is 1. The first-order chi connectivity index (χ1) is 14.5. The average molecular weight is 445 g/mol. The van der Waals surface area contributed by atoms with E-state index >= 15 is 0 Å². The molecule has 0 atom stereocenters. The minimum absolute atomic E-state index is 0.0535. The van der Waals surface area contributed by atoms with Crippen molar-refractivity contribution in [2.24, 2.45) is 0 Å². The summed E-state index contributed by atoms with van der Waals surface area (Å²) in [7, 11) is -3.40. The van der Waals surface area contributed by atoms with E-state index in [9.17, 15) is 8.42 Å². The highest BCUT2D eigenvalue weighted by molar-refractivity contribution is 7.88. The number of nitrogens with one attached hydrogen (secondary N) is 1. The topological polar surface area (TPSA) is 91.3 Å². The van der Waals surface area contributed by atoms with Gasteiger partial charge in [-0.05, 0) is 42.0 Å². The molecule has 0 unspecified atom stereocenters. The van der Waals surface area contributed by atoms with Crippen molar-refractivity contribution in [3.63, 3.8) is 0 Å². The predicted octanol–water partition coefficient (Wildman–Crippen LogP) is 2.92. The Kier molecular flexibility index (Phi) is 6.12. The maximum atomic E-state index is 12.8. The fourth-order valence-corrected chi connectivity index (χ4v) is 4.99. The Morgan fingerprint density at radius 3 is 2.50 bits per heavy atom. The van der Waals surface area contributed by atoms with Gasteiger partial charge in [0.15, 0.2) is 11.6 Å². The minimum Gasteiger partial charge on any atom is -0.352 e. The van der Waals surface area contributed by atoms with E-state index in [4.69, 9.17) is 11.6 Å². The molecular weight excluding hydrogens is 424 g/mol. The van der Waals surface area contributed by atoms with Gasteiger partial charge in [-0.1, -0.05) is 23.7 Å². The number of piperazine rings is 1. The van der Waals surface area contributed by atoms with Gasteiger partial charge in [-0.2, -0.15) is 4.31 Å². The average Bonchev–Trinajstić information content (AvgIpc) is 2.75. The summed E-state index contributed by atoms with van der Waals surface area (Å²) in [4.78, 5) is 6.08. The van der Waals surface area contributed by atoms with E-state index in [-0.39, 0.29) is 5.75 Å². The van der Waals surface area contributed by atoms with Gasteiger partial charge in [0.25, 0.3) is 0 Å². The highest BCUT2D eigenvalue weighted by atomic mass is 35.5. The van der Waals surface area contributed by atoms with Gasteiger partial charge in [0, 0.05) is 37.4 Å². The molecule has 30 heavy (non-hydrogen) atoms. The first-order valence-corrected chi connectivity index (χ1v) is 11.5. The molecule has 1 saturated heterocycles. The molecule has 2 aromatic heterocycles. The molecule has 1 N–H and O–H groups in total. The van der Waals surface area contributed by atoms with Crippen LogP contribution in [0.15, 0.2) is 60.9 Å². The molecule has 0 amide bonds. The lowest BCUT2D eigenvalue weighted by atomic mass is 10.2. The van der Waals surface area contributed by atoms with Crippen molar-refractivity contribution in [2.75, 3.05) is 36.4 Å². The zero-order valence-corrected chi connectivity index (χ0v) is 17.7. The number of aromatic nitrogens is 3. The van der Waals surface area contributed by atoms with Crippen LogP contribution in [0.1, 0.15) is 5.56 Å². The molecular formula is C20H21ClN6O2S. The van der Waals surface area contributed by atoms with Gasteiger partial charge in [0.1, 0.15) is 0 Å².